The molecule has 4 rings (SSSR count). The fourth-order valence-electron chi connectivity index (χ4n) is 5.55. The first-order chi connectivity index (χ1) is 24.6. The van der Waals surface area contributed by atoms with Crippen LogP contribution in [0.3, 0.4) is 0 Å². The molecule has 0 spiro atoms. The molecule has 0 saturated carbocycles. The van der Waals surface area contributed by atoms with Gasteiger partial charge in [-0.15, -0.1) is 0 Å². The van der Waals surface area contributed by atoms with Gasteiger partial charge in [0, 0.05) is 55.8 Å². The summed E-state index contributed by atoms with van der Waals surface area (Å²) in [5, 5.41) is 4.20. The van der Waals surface area contributed by atoms with E-state index in [0.717, 1.165) is 30.5 Å². The second-order valence-electron chi connectivity index (χ2n) is 11.9. The molecule has 2 N–H and O–H groups in total. The predicted octanol–water partition coefficient (Wildman–Crippen LogP) is 6.75. The van der Waals surface area contributed by atoms with Crippen LogP contribution < -0.4 is 16.2 Å². The average Bonchev–Trinajstić information content (AvgIpc) is 3.04. The standard InChI is InChI=1S/C35H32F8N4O6/c1-6-27(35(41,42)43)45-20-14-24(36)29(25(37)15-20)31(49)46-26(33(51)53-18(4)52-17(3)48)13-19-9-10-22(30-21(19)8-7-11-44-30)28-23(34(38,39)40)12-16(2)47(5)32(28)50/h7-12,14-15,18,26-27,45H,6,13H2,1-5H3,(H,46,49)/t18?,26-,27+/m0/s1. The Morgan fingerprint density at radius 2 is 1.62 bits per heavy atom. The number of anilines is 1. The van der Waals surface area contributed by atoms with E-state index >= 15 is 8.78 Å². The number of benzene rings is 2. The summed E-state index contributed by atoms with van der Waals surface area (Å²) in [5.74, 6) is -6.83. The molecular formula is C35H32F8N4O6. The van der Waals surface area contributed by atoms with Crippen LogP contribution in [0.2, 0.25) is 0 Å². The Balaban J connectivity index is 1.78. The van der Waals surface area contributed by atoms with Gasteiger partial charge in [-0.25, -0.2) is 13.6 Å². The molecule has 0 bridgehead atoms. The third kappa shape index (κ3) is 9.10. The van der Waals surface area contributed by atoms with E-state index in [2.05, 4.69) is 10.3 Å². The van der Waals surface area contributed by atoms with Gasteiger partial charge in [0.05, 0.1) is 16.6 Å². The fraction of sp³-hybridized carbons (Fsp3) is 0.343. The molecule has 0 saturated heterocycles. The summed E-state index contributed by atoms with van der Waals surface area (Å²) < 4.78 is 124. The number of ether oxygens (including phenoxy) is 2. The number of hydrogen-bond acceptors (Lipinski definition) is 8. The molecular weight excluding hydrogens is 724 g/mol. The van der Waals surface area contributed by atoms with E-state index in [1.54, 1.807) is 0 Å². The van der Waals surface area contributed by atoms with Crippen molar-refractivity contribution < 1.29 is 59.0 Å². The minimum absolute atomic E-state index is 0.0327. The Labute approximate surface area is 296 Å². The number of aryl methyl sites for hydroxylation is 1. The van der Waals surface area contributed by atoms with Crippen LogP contribution in [0.1, 0.15) is 54.4 Å². The summed E-state index contributed by atoms with van der Waals surface area (Å²) in [4.78, 5) is 55.5. The molecule has 0 aliphatic heterocycles. The van der Waals surface area contributed by atoms with Crippen LogP contribution >= 0.6 is 0 Å². The van der Waals surface area contributed by atoms with Crippen LogP contribution in [0.5, 0.6) is 0 Å². The highest BCUT2D eigenvalue weighted by Gasteiger charge is 2.39. The molecule has 284 valence electrons. The van der Waals surface area contributed by atoms with Crippen molar-refractivity contribution in [2.45, 2.75) is 71.3 Å². The highest BCUT2D eigenvalue weighted by Crippen LogP contribution is 2.38. The molecule has 1 unspecified atom stereocenters. The Morgan fingerprint density at radius 3 is 2.19 bits per heavy atom. The number of esters is 2. The highest BCUT2D eigenvalue weighted by atomic mass is 19.4. The van der Waals surface area contributed by atoms with Crippen LogP contribution in [-0.2, 0) is 38.7 Å². The largest absolute Gasteiger partial charge is 0.426 e. The Kier molecular flexibility index (Phi) is 11.8. The molecule has 2 aromatic carbocycles. The number of fused-ring (bicyclic) bond motifs is 1. The SMILES string of the molecule is CC[C@@H](Nc1cc(F)c(C(=O)N[C@@H](Cc2ccc(-c3c(C(F)(F)F)cc(C)n(C)c3=O)c3ncccc23)C(=O)OC(C)OC(C)=O)c(F)c1)C(F)(F)F. The average molecular weight is 757 g/mol. The van der Waals surface area contributed by atoms with Crippen molar-refractivity contribution >= 4 is 34.4 Å². The lowest BCUT2D eigenvalue weighted by Crippen LogP contribution is -2.45. The molecule has 3 atom stereocenters. The lowest BCUT2D eigenvalue weighted by atomic mass is 9.93. The van der Waals surface area contributed by atoms with Gasteiger partial charge in [0.2, 0.25) is 6.29 Å². The smallest absolute Gasteiger partial charge is 0.417 e. The molecule has 0 fully saturated rings. The lowest BCUT2D eigenvalue weighted by molar-refractivity contribution is -0.184. The Bertz CT molecular complexity index is 2090. The molecule has 2 aromatic heterocycles. The molecule has 1 amide bonds. The summed E-state index contributed by atoms with van der Waals surface area (Å²) >= 11 is 0. The molecule has 0 radical (unpaired) electrons. The predicted molar refractivity (Wildman–Crippen MR) is 175 cm³/mol. The maximum atomic E-state index is 15.1. The number of carbonyl (C=O) groups excluding carboxylic acids is 3. The molecule has 0 aliphatic carbocycles. The molecule has 18 heteroatoms. The minimum Gasteiger partial charge on any atom is -0.426 e. The zero-order valence-electron chi connectivity index (χ0n) is 28.6. The Hall–Kier alpha value is -5.55. The van der Waals surface area contributed by atoms with Gasteiger partial charge >= 0.3 is 24.3 Å². The van der Waals surface area contributed by atoms with Crippen molar-refractivity contribution in [3.8, 4) is 11.1 Å². The maximum absolute atomic E-state index is 15.1. The number of halogens is 8. The van der Waals surface area contributed by atoms with E-state index in [0.29, 0.717) is 12.1 Å². The van der Waals surface area contributed by atoms with Gasteiger partial charge in [-0.1, -0.05) is 25.1 Å². The second-order valence-corrected chi connectivity index (χ2v) is 11.9. The lowest BCUT2D eigenvalue weighted by Gasteiger charge is -2.23. The fourth-order valence-corrected chi connectivity index (χ4v) is 5.55. The van der Waals surface area contributed by atoms with Gasteiger partial charge in [0.1, 0.15) is 29.3 Å². The van der Waals surface area contributed by atoms with Crippen molar-refractivity contribution in [1.82, 2.24) is 14.9 Å². The van der Waals surface area contributed by atoms with Crippen LogP contribution in [0, 0.1) is 18.6 Å². The number of hydrogen-bond donors (Lipinski definition) is 2. The van der Waals surface area contributed by atoms with Gasteiger partial charge < -0.3 is 24.7 Å². The van der Waals surface area contributed by atoms with Crippen molar-refractivity contribution in [2.75, 3.05) is 5.32 Å². The number of rotatable bonds is 11. The van der Waals surface area contributed by atoms with Crippen LogP contribution in [0.15, 0.2) is 53.5 Å². The summed E-state index contributed by atoms with van der Waals surface area (Å²) in [6.45, 7) is 4.69. The first kappa shape index (κ1) is 40.2. The first-order valence-electron chi connectivity index (χ1n) is 15.8. The van der Waals surface area contributed by atoms with Crippen molar-refractivity contribution in [3.05, 3.63) is 93.0 Å². The quantitative estimate of drug-likeness (QED) is 0.0978. The molecule has 0 aliphatic rings. The molecule has 53 heavy (non-hydrogen) atoms. The highest BCUT2D eigenvalue weighted by molar-refractivity contribution is 5.99. The molecule has 2 heterocycles. The Morgan fingerprint density at radius 1 is 0.981 bits per heavy atom. The molecule has 4 aromatic rings. The van der Waals surface area contributed by atoms with E-state index in [9.17, 15) is 45.5 Å². The zero-order valence-corrected chi connectivity index (χ0v) is 28.6. The number of alkyl halides is 6. The van der Waals surface area contributed by atoms with E-state index in [1.807, 2.05) is 5.32 Å². The number of pyridine rings is 2. The number of amides is 1. The van der Waals surface area contributed by atoms with Crippen molar-refractivity contribution in [3.63, 3.8) is 0 Å². The zero-order chi connectivity index (χ0) is 39.6. The first-order valence-corrected chi connectivity index (χ1v) is 15.8. The monoisotopic (exact) mass is 756 g/mol. The number of carbonyl (C=O) groups is 3. The normalized spacial score (nSPS) is 13.6. The van der Waals surface area contributed by atoms with Gasteiger partial charge in [0.25, 0.3) is 11.5 Å². The minimum atomic E-state index is -4.94. The van der Waals surface area contributed by atoms with Gasteiger partial charge in [-0.05, 0) is 43.2 Å². The molecule has 10 nitrogen and oxygen atoms in total. The number of nitrogens with zero attached hydrogens (tertiary/aromatic N) is 2. The van der Waals surface area contributed by atoms with E-state index in [-0.39, 0.29) is 27.7 Å². The van der Waals surface area contributed by atoms with Crippen molar-refractivity contribution in [2.24, 2.45) is 7.05 Å². The van der Waals surface area contributed by atoms with Crippen LogP contribution in [0.25, 0.3) is 22.0 Å². The van der Waals surface area contributed by atoms with E-state index in [4.69, 9.17) is 9.47 Å². The third-order valence-electron chi connectivity index (χ3n) is 8.15. The van der Waals surface area contributed by atoms with E-state index < -0.39 is 101 Å². The summed E-state index contributed by atoms with van der Waals surface area (Å²) in [5.41, 5.74) is -4.93. The number of aromatic nitrogens is 2. The third-order valence-corrected chi connectivity index (χ3v) is 8.15. The summed E-state index contributed by atoms with van der Waals surface area (Å²) in [6, 6.07) is 2.99. The van der Waals surface area contributed by atoms with E-state index in [1.165, 1.54) is 45.3 Å². The summed E-state index contributed by atoms with van der Waals surface area (Å²) in [7, 11) is 1.29. The number of nitrogens with one attached hydrogen (secondary N) is 2. The second kappa shape index (κ2) is 15.6. The van der Waals surface area contributed by atoms with Gasteiger partial charge in [-0.3, -0.25) is 19.4 Å². The maximum Gasteiger partial charge on any atom is 0.417 e. The van der Waals surface area contributed by atoms with Gasteiger partial charge in [0.15, 0.2) is 0 Å². The summed E-state index contributed by atoms with van der Waals surface area (Å²) in [6.07, 6.45) is -11.0. The van der Waals surface area contributed by atoms with Crippen LogP contribution in [0.4, 0.5) is 40.8 Å². The van der Waals surface area contributed by atoms with Crippen LogP contribution in [-0.4, -0.2) is 51.9 Å². The topological polar surface area (TPSA) is 129 Å². The van der Waals surface area contributed by atoms with Gasteiger partial charge in [-0.2, -0.15) is 26.3 Å². The van der Waals surface area contributed by atoms with Crippen molar-refractivity contribution in [1.29, 1.82) is 0 Å².